The van der Waals surface area contributed by atoms with Crippen molar-refractivity contribution in [3.05, 3.63) is 6.61 Å². The molecule has 0 amide bonds. The van der Waals surface area contributed by atoms with E-state index in [1.54, 1.807) is 0 Å². The zero-order valence-corrected chi connectivity index (χ0v) is 4.05. The monoisotopic (exact) mass is 103 g/mol. The highest BCUT2D eigenvalue weighted by atomic mass is 16.5. The van der Waals surface area contributed by atoms with Crippen LogP contribution < -0.4 is 0 Å². The number of ether oxygens (including phenoxy) is 1. The Balaban J connectivity index is 2.82. The maximum atomic E-state index is 9.84. The molecule has 1 radical (unpaired) electrons. The molecule has 0 saturated heterocycles. The number of carbonyl (C=O) groups is 1. The van der Waals surface area contributed by atoms with Gasteiger partial charge >= 0.3 is 5.97 Å². The first-order valence-electron chi connectivity index (χ1n) is 1.87. The van der Waals surface area contributed by atoms with Gasteiger partial charge in [-0.2, -0.15) is 0 Å². The summed E-state index contributed by atoms with van der Waals surface area (Å²) in [4.78, 5) is 9.84. The van der Waals surface area contributed by atoms with Crippen LogP contribution in [0.2, 0.25) is 0 Å². The van der Waals surface area contributed by atoms with Crippen LogP contribution >= 0.6 is 0 Å². The van der Waals surface area contributed by atoms with Crippen molar-refractivity contribution in [1.82, 2.24) is 0 Å². The second-order valence-corrected chi connectivity index (χ2v) is 0.959. The van der Waals surface area contributed by atoms with Crippen LogP contribution in [0.15, 0.2) is 0 Å². The molecule has 0 aliphatic heterocycles. The van der Waals surface area contributed by atoms with E-state index >= 15 is 0 Å². The van der Waals surface area contributed by atoms with Crippen molar-refractivity contribution in [1.29, 1.82) is 0 Å². The van der Waals surface area contributed by atoms with E-state index < -0.39 is 5.97 Å². The average Bonchev–Trinajstić information content (AvgIpc) is 1.61. The van der Waals surface area contributed by atoms with E-state index in [0.29, 0.717) is 0 Å². The van der Waals surface area contributed by atoms with Gasteiger partial charge < -0.3 is 9.84 Å². The van der Waals surface area contributed by atoms with Gasteiger partial charge in [0.25, 0.3) is 0 Å². The normalized spacial score (nSPS) is 8.29. The molecule has 0 atom stereocenters. The third kappa shape index (κ3) is 5.43. The molecular weight excluding hydrogens is 96.0 g/mol. The fraction of sp³-hybridized carbons (Fsp3) is 0.500. The molecule has 1 N–H and O–H groups in total. The van der Waals surface area contributed by atoms with Gasteiger partial charge in [-0.25, -0.2) is 0 Å². The molecule has 0 spiro atoms. The third-order valence-electron chi connectivity index (χ3n) is 0.324. The Labute approximate surface area is 41.9 Å². The number of esters is 1. The molecule has 3 heteroatoms. The zero-order valence-electron chi connectivity index (χ0n) is 4.05. The van der Waals surface area contributed by atoms with Crippen LogP contribution in [0.4, 0.5) is 0 Å². The van der Waals surface area contributed by atoms with Gasteiger partial charge in [-0.3, -0.25) is 4.79 Å². The summed E-state index contributed by atoms with van der Waals surface area (Å²) >= 11 is 0. The van der Waals surface area contributed by atoms with Crippen LogP contribution in [-0.2, 0) is 9.53 Å². The van der Waals surface area contributed by atoms with Gasteiger partial charge in [0.1, 0.15) is 0 Å². The van der Waals surface area contributed by atoms with E-state index in [0.717, 1.165) is 6.61 Å². The summed E-state index contributed by atoms with van der Waals surface area (Å²) in [6.07, 6.45) is 0. The Bertz CT molecular complexity index is 60.0. The highest BCUT2D eigenvalue weighted by Crippen LogP contribution is 1.77. The second kappa shape index (κ2) is 3.61. The lowest BCUT2D eigenvalue weighted by Crippen LogP contribution is -1.97. The zero-order chi connectivity index (χ0) is 5.70. The molecule has 0 aliphatic rings. The number of carbonyl (C=O) groups excluding carboxylic acids is 1. The van der Waals surface area contributed by atoms with E-state index in [-0.39, 0.29) is 6.61 Å². The molecule has 0 rings (SSSR count). The molecule has 3 nitrogen and oxygen atoms in total. The molecule has 0 aromatic carbocycles. The minimum Gasteiger partial charge on any atom is -0.456 e. The van der Waals surface area contributed by atoms with Gasteiger partial charge in [0.15, 0.2) is 6.61 Å². The lowest BCUT2D eigenvalue weighted by atomic mass is 10.7. The summed E-state index contributed by atoms with van der Waals surface area (Å²) in [5, 5.41) is 7.98. The van der Waals surface area contributed by atoms with Crippen molar-refractivity contribution in [3.63, 3.8) is 0 Å². The number of hydrogen-bond donors (Lipinski definition) is 1. The van der Waals surface area contributed by atoms with Crippen molar-refractivity contribution < 1.29 is 14.6 Å². The smallest absolute Gasteiger partial charge is 0.303 e. The highest BCUT2D eigenvalue weighted by molar-refractivity contribution is 5.66. The molecule has 0 heterocycles. The van der Waals surface area contributed by atoms with Gasteiger partial charge in [0.05, 0.1) is 6.61 Å². The minimum absolute atomic E-state index is 0.223. The average molecular weight is 103 g/mol. The Morgan fingerprint density at radius 1 is 2.00 bits per heavy atom. The Kier molecular flexibility index (Phi) is 3.32. The lowest BCUT2D eigenvalue weighted by Gasteiger charge is -1.92. The third-order valence-corrected chi connectivity index (χ3v) is 0.324. The Hall–Kier alpha value is -0.570. The van der Waals surface area contributed by atoms with Crippen LogP contribution in [0.1, 0.15) is 6.92 Å². The predicted molar refractivity (Wildman–Crippen MR) is 23.2 cm³/mol. The maximum absolute atomic E-state index is 9.84. The lowest BCUT2D eigenvalue weighted by molar-refractivity contribution is -0.138. The van der Waals surface area contributed by atoms with Gasteiger partial charge in [0.2, 0.25) is 0 Å². The number of aliphatic hydroxyl groups is 1. The van der Waals surface area contributed by atoms with Gasteiger partial charge in [0, 0.05) is 6.92 Å². The van der Waals surface area contributed by atoms with Crippen molar-refractivity contribution >= 4 is 5.97 Å². The van der Waals surface area contributed by atoms with Crippen molar-refractivity contribution in [2.24, 2.45) is 0 Å². The van der Waals surface area contributed by atoms with E-state index in [1.807, 2.05) is 0 Å². The van der Waals surface area contributed by atoms with Gasteiger partial charge in [-0.1, -0.05) is 0 Å². The summed E-state index contributed by atoms with van der Waals surface area (Å²) in [7, 11) is 0. The van der Waals surface area contributed by atoms with Gasteiger partial charge in [-0.05, 0) is 0 Å². The molecule has 0 fully saturated rings. The molecule has 0 saturated carbocycles. The molecule has 0 bridgehead atoms. The maximum Gasteiger partial charge on any atom is 0.303 e. The first-order chi connectivity index (χ1) is 3.27. The summed E-state index contributed by atoms with van der Waals surface area (Å²) in [6, 6.07) is 0. The van der Waals surface area contributed by atoms with Crippen LogP contribution in [-0.4, -0.2) is 17.7 Å². The molecule has 41 valence electrons. The quantitative estimate of drug-likeness (QED) is 0.488. The number of aliphatic hydroxyl groups excluding tert-OH is 1. The summed E-state index contributed by atoms with van der Waals surface area (Å²) in [5.74, 6) is -0.408. The summed E-state index contributed by atoms with van der Waals surface area (Å²) < 4.78 is 4.18. The first-order valence-corrected chi connectivity index (χ1v) is 1.87. The molecular formula is C4H7O3. The SMILES string of the molecule is CC(=O)O[CH]CO. The minimum atomic E-state index is -0.408. The molecule has 0 aliphatic carbocycles. The second-order valence-electron chi connectivity index (χ2n) is 0.959. The fourth-order valence-electron chi connectivity index (χ4n) is 0.155. The van der Waals surface area contributed by atoms with Crippen molar-refractivity contribution in [2.75, 3.05) is 6.61 Å². The van der Waals surface area contributed by atoms with E-state index in [9.17, 15) is 4.79 Å². The Morgan fingerprint density at radius 2 is 2.57 bits per heavy atom. The summed E-state index contributed by atoms with van der Waals surface area (Å²) in [5.41, 5.74) is 0. The molecule has 7 heavy (non-hydrogen) atoms. The van der Waals surface area contributed by atoms with Gasteiger partial charge in [-0.15, -0.1) is 0 Å². The summed E-state index contributed by atoms with van der Waals surface area (Å²) in [6.45, 7) is 2.08. The van der Waals surface area contributed by atoms with E-state index in [1.165, 1.54) is 6.92 Å². The van der Waals surface area contributed by atoms with Crippen molar-refractivity contribution in [3.8, 4) is 0 Å². The topological polar surface area (TPSA) is 46.5 Å². The largest absolute Gasteiger partial charge is 0.456 e. The van der Waals surface area contributed by atoms with E-state index in [4.69, 9.17) is 5.11 Å². The van der Waals surface area contributed by atoms with Crippen LogP contribution in [0.25, 0.3) is 0 Å². The predicted octanol–water partition coefficient (Wildman–Crippen LogP) is -0.296. The van der Waals surface area contributed by atoms with Crippen LogP contribution in [0.3, 0.4) is 0 Å². The molecule has 0 unspecified atom stereocenters. The number of rotatable bonds is 2. The molecule has 0 aromatic rings. The van der Waals surface area contributed by atoms with Crippen molar-refractivity contribution in [2.45, 2.75) is 6.92 Å². The van der Waals surface area contributed by atoms with E-state index in [2.05, 4.69) is 4.74 Å². The van der Waals surface area contributed by atoms with Crippen LogP contribution in [0, 0.1) is 6.61 Å². The number of hydrogen-bond acceptors (Lipinski definition) is 3. The fourth-order valence-corrected chi connectivity index (χ4v) is 0.155. The first kappa shape index (κ1) is 6.43. The molecule has 0 aromatic heterocycles. The highest BCUT2D eigenvalue weighted by Gasteiger charge is 1.87. The van der Waals surface area contributed by atoms with Crippen LogP contribution in [0.5, 0.6) is 0 Å². The Morgan fingerprint density at radius 3 is 2.71 bits per heavy atom. The standard InChI is InChI=1S/C4H7O3/c1-4(6)7-3-2-5/h3,5H,2H2,1H3.